The smallest absolute Gasteiger partial charge is 0.414 e. The number of sulfonamides is 1. The third-order valence-corrected chi connectivity index (χ3v) is 6.29. The van der Waals surface area contributed by atoms with Crippen molar-refractivity contribution in [1.82, 2.24) is 9.21 Å². The number of nitrogens with zero attached hydrogens (tertiary/aromatic N) is 2. The van der Waals surface area contributed by atoms with Gasteiger partial charge >= 0.3 is 11.9 Å². The van der Waals surface area contributed by atoms with Gasteiger partial charge in [-0.05, 0) is 37.6 Å². The number of carbonyl (C=O) groups is 2. The number of carboxylic acid groups (broad SMARTS) is 2. The van der Waals surface area contributed by atoms with Crippen LogP contribution >= 0.6 is 11.6 Å². The highest BCUT2D eigenvalue weighted by atomic mass is 35.5. The summed E-state index contributed by atoms with van der Waals surface area (Å²) in [6.45, 7) is 7.03. The number of hydrogen-bond acceptors (Lipinski definition) is 5. The Balaban J connectivity index is 0.000000487. The summed E-state index contributed by atoms with van der Waals surface area (Å²) in [4.78, 5) is 20.9. The molecule has 26 heavy (non-hydrogen) atoms. The number of hydrogen-bond donors (Lipinski definition) is 2. The zero-order valence-corrected chi connectivity index (χ0v) is 16.2. The van der Waals surface area contributed by atoms with Crippen LogP contribution < -0.4 is 0 Å². The van der Waals surface area contributed by atoms with Crippen molar-refractivity contribution in [3.05, 3.63) is 29.3 Å². The number of halogens is 1. The van der Waals surface area contributed by atoms with Crippen molar-refractivity contribution in [3.8, 4) is 0 Å². The van der Waals surface area contributed by atoms with Crippen LogP contribution in [0, 0.1) is 0 Å². The van der Waals surface area contributed by atoms with Crippen molar-refractivity contribution >= 4 is 33.6 Å². The molecule has 0 saturated carbocycles. The molecule has 1 aliphatic rings. The van der Waals surface area contributed by atoms with Crippen LogP contribution in [0.1, 0.15) is 20.3 Å². The molecule has 0 aliphatic carbocycles. The second-order valence-corrected chi connectivity index (χ2v) is 8.14. The zero-order valence-electron chi connectivity index (χ0n) is 14.6. The summed E-state index contributed by atoms with van der Waals surface area (Å²) in [5, 5.41) is 15.3. The maximum atomic E-state index is 12.5. The molecule has 1 saturated heterocycles. The Morgan fingerprint density at radius 3 is 1.92 bits per heavy atom. The van der Waals surface area contributed by atoms with E-state index in [1.807, 2.05) is 0 Å². The highest BCUT2D eigenvalue weighted by molar-refractivity contribution is 7.89. The van der Waals surface area contributed by atoms with E-state index in [4.69, 9.17) is 31.4 Å². The molecule has 0 radical (unpaired) electrons. The van der Waals surface area contributed by atoms with Crippen LogP contribution in [0.4, 0.5) is 0 Å². The van der Waals surface area contributed by atoms with Crippen LogP contribution in [-0.2, 0) is 19.6 Å². The van der Waals surface area contributed by atoms with Crippen molar-refractivity contribution < 1.29 is 28.2 Å². The first kappa shape index (κ1) is 22.4. The molecule has 1 aromatic rings. The summed E-state index contributed by atoms with van der Waals surface area (Å²) < 4.78 is 26.6. The number of benzene rings is 1. The Labute approximate surface area is 158 Å². The van der Waals surface area contributed by atoms with Gasteiger partial charge in [0.2, 0.25) is 10.0 Å². The van der Waals surface area contributed by atoms with Crippen LogP contribution in [0.2, 0.25) is 5.02 Å². The Kier molecular flexibility index (Phi) is 8.48. The maximum absolute atomic E-state index is 12.5. The highest BCUT2D eigenvalue weighted by Crippen LogP contribution is 2.20. The summed E-state index contributed by atoms with van der Waals surface area (Å²) in [7, 11) is -3.39. The van der Waals surface area contributed by atoms with Gasteiger partial charge in [0.25, 0.3) is 0 Å². The molecule has 1 atom stereocenters. The van der Waals surface area contributed by atoms with Gasteiger partial charge in [0.15, 0.2) is 0 Å². The van der Waals surface area contributed by atoms with Crippen molar-refractivity contribution in [2.75, 3.05) is 26.2 Å². The predicted molar refractivity (Wildman–Crippen MR) is 96.8 cm³/mol. The zero-order chi connectivity index (χ0) is 19.9. The lowest BCUT2D eigenvalue weighted by Crippen LogP contribution is -2.51. The number of aliphatic carboxylic acids is 2. The molecule has 2 rings (SSSR count). The molecule has 146 valence electrons. The topological polar surface area (TPSA) is 115 Å². The van der Waals surface area contributed by atoms with E-state index in [-0.39, 0.29) is 0 Å². The predicted octanol–water partition coefficient (Wildman–Crippen LogP) is 1.60. The first-order valence-electron chi connectivity index (χ1n) is 8.05. The Morgan fingerprint density at radius 2 is 1.54 bits per heavy atom. The SMILES string of the molecule is CCC(C)N1CCN(S(=O)(=O)c2ccc(Cl)cc2)CC1.O=C(O)C(=O)O. The molecule has 0 amide bonds. The van der Waals surface area contributed by atoms with Gasteiger partial charge < -0.3 is 10.2 Å². The monoisotopic (exact) mass is 406 g/mol. The van der Waals surface area contributed by atoms with Crippen molar-refractivity contribution in [2.24, 2.45) is 0 Å². The Morgan fingerprint density at radius 1 is 1.08 bits per heavy atom. The first-order valence-corrected chi connectivity index (χ1v) is 9.87. The second-order valence-electron chi connectivity index (χ2n) is 5.76. The lowest BCUT2D eigenvalue weighted by Gasteiger charge is -2.37. The fraction of sp³-hybridized carbons (Fsp3) is 0.500. The van der Waals surface area contributed by atoms with E-state index in [1.165, 1.54) is 0 Å². The molecule has 1 fully saturated rings. The van der Waals surface area contributed by atoms with Crippen molar-refractivity contribution in [1.29, 1.82) is 0 Å². The van der Waals surface area contributed by atoms with Crippen molar-refractivity contribution in [2.45, 2.75) is 31.2 Å². The summed E-state index contributed by atoms with van der Waals surface area (Å²) in [5.74, 6) is -3.65. The van der Waals surface area contributed by atoms with E-state index < -0.39 is 22.0 Å². The average molecular weight is 407 g/mol. The van der Waals surface area contributed by atoms with Crippen LogP contribution in [0.15, 0.2) is 29.2 Å². The molecule has 1 unspecified atom stereocenters. The number of piperazine rings is 1. The average Bonchev–Trinajstić information content (AvgIpc) is 2.62. The fourth-order valence-electron chi connectivity index (χ4n) is 2.40. The third kappa shape index (κ3) is 6.24. The third-order valence-electron chi connectivity index (χ3n) is 4.12. The van der Waals surface area contributed by atoms with Crippen LogP contribution in [0.3, 0.4) is 0 Å². The van der Waals surface area contributed by atoms with Gasteiger partial charge in [-0.3, -0.25) is 4.90 Å². The molecular formula is C16H23ClN2O6S. The standard InChI is InChI=1S/C14H21ClN2O2S.C2H2O4/c1-3-12(2)16-8-10-17(11-9-16)20(18,19)14-6-4-13(15)5-7-14;3-1(4)2(5)6/h4-7,12H,3,8-11H2,1-2H3;(H,3,4)(H,5,6). The second kappa shape index (κ2) is 9.86. The van der Waals surface area contributed by atoms with Gasteiger partial charge in [-0.15, -0.1) is 0 Å². The van der Waals surface area contributed by atoms with Gasteiger partial charge in [0.05, 0.1) is 4.90 Å². The van der Waals surface area contributed by atoms with E-state index in [0.29, 0.717) is 29.0 Å². The number of rotatable bonds is 4. The summed E-state index contributed by atoms with van der Waals surface area (Å²) in [6, 6.07) is 6.88. The molecule has 1 heterocycles. The van der Waals surface area contributed by atoms with Crippen molar-refractivity contribution in [3.63, 3.8) is 0 Å². The Bertz CT molecular complexity index is 703. The highest BCUT2D eigenvalue weighted by Gasteiger charge is 2.29. The quantitative estimate of drug-likeness (QED) is 0.729. The van der Waals surface area contributed by atoms with Gasteiger partial charge in [-0.1, -0.05) is 18.5 Å². The molecule has 8 nitrogen and oxygen atoms in total. The summed E-state index contributed by atoms with van der Waals surface area (Å²) in [5.41, 5.74) is 0. The van der Waals surface area contributed by atoms with Gasteiger partial charge in [0.1, 0.15) is 0 Å². The molecule has 0 bridgehead atoms. The normalized spacial score (nSPS) is 17.0. The number of carboxylic acids is 2. The van der Waals surface area contributed by atoms with E-state index in [1.54, 1.807) is 28.6 Å². The first-order chi connectivity index (χ1) is 12.1. The summed E-state index contributed by atoms with van der Waals surface area (Å²) >= 11 is 5.80. The minimum absolute atomic E-state index is 0.318. The van der Waals surface area contributed by atoms with Crippen LogP contribution in [0.25, 0.3) is 0 Å². The lowest BCUT2D eigenvalue weighted by molar-refractivity contribution is -0.159. The van der Waals surface area contributed by atoms with Gasteiger partial charge in [-0.2, -0.15) is 4.31 Å². The molecule has 1 aliphatic heterocycles. The molecule has 2 N–H and O–H groups in total. The molecule has 1 aromatic carbocycles. The largest absolute Gasteiger partial charge is 0.473 e. The van der Waals surface area contributed by atoms with E-state index in [0.717, 1.165) is 19.5 Å². The molecular weight excluding hydrogens is 384 g/mol. The minimum atomic E-state index is -3.39. The van der Waals surface area contributed by atoms with Crippen LogP contribution in [0.5, 0.6) is 0 Å². The van der Waals surface area contributed by atoms with E-state index in [9.17, 15) is 8.42 Å². The van der Waals surface area contributed by atoms with Gasteiger partial charge in [0, 0.05) is 37.2 Å². The lowest BCUT2D eigenvalue weighted by atomic mass is 10.2. The maximum Gasteiger partial charge on any atom is 0.414 e. The van der Waals surface area contributed by atoms with E-state index >= 15 is 0 Å². The van der Waals surface area contributed by atoms with E-state index in [2.05, 4.69) is 18.7 Å². The fourth-order valence-corrected chi connectivity index (χ4v) is 3.95. The molecule has 10 heteroatoms. The minimum Gasteiger partial charge on any atom is -0.473 e. The Hall–Kier alpha value is -1.68. The molecule has 0 aromatic heterocycles. The van der Waals surface area contributed by atoms with Crippen LogP contribution in [-0.4, -0.2) is 72.0 Å². The molecule has 0 spiro atoms. The van der Waals surface area contributed by atoms with Gasteiger partial charge in [-0.25, -0.2) is 18.0 Å². The summed E-state index contributed by atoms with van der Waals surface area (Å²) in [6.07, 6.45) is 1.09.